The van der Waals surface area contributed by atoms with Gasteiger partial charge in [0.1, 0.15) is 0 Å². The van der Waals surface area contributed by atoms with E-state index in [9.17, 15) is 22.4 Å². The molecule has 0 spiro atoms. The van der Waals surface area contributed by atoms with Crippen LogP contribution in [0.1, 0.15) is 96.8 Å². The van der Waals surface area contributed by atoms with Crippen molar-refractivity contribution in [3.8, 4) is 11.5 Å². The van der Waals surface area contributed by atoms with Crippen molar-refractivity contribution in [3.63, 3.8) is 0 Å². The Labute approximate surface area is 212 Å². The molecule has 4 unspecified atom stereocenters. The highest BCUT2D eigenvalue weighted by atomic mass is 19.3. The molecule has 0 amide bonds. The molecule has 3 fully saturated rings. The van der Waals surface area contributed by atoms with Crippen LogP contribution in [0.4, 0.5) is 17.6 Å². The van der Waals surface area contributed by atoms with E-state index in [2.05, 4.69) is 11.7 Å². The number of carbonyl (C=O) groups excluding carboxylic acids is 1. The second-order valence-corrected chi connectivity index (χ2v) is 11.4. The molecule has 0 N–H and O–H groups in total. The van der Waals surface area contributed by atoms with Crippen LogP contribution in [0, 0.1) is 47.1 Å². The molecule has 1 aromatic rings. The van der Waals surface area contributed by atoms with Gasteiger partial charge in [-0.3, -0.25) is 4.79 Å². The van der Waals surface area contributed by atoms with Crippen LogP contribution < -0.4 is 9.47 Å². The zero-order valence-electron chi connectivity index (χ0n) is 21.3. The molecule has 0 aromatic heterocycles. The molecule has 3 aliphatic rings. The van der Waals surface area contributed by atoms with Gasteiger partial charge in [0.05, 0.1) is 5.92 Å². The van der Waals surface area contributed by atoms with Crippen molar-refractivity contribution < 1.29 is 31.8 Å². The van der Waals surface area contributed by atoms with Crippen molar-refractivity contribution >= 4 is 5.97 Å². The van der Waals surface area contributed by atoms with Crippen LogP contribution in [0.3, 0.4) is 0 Å². The minimum atomic E-state index is -3.27. The lowest BCUT2D eigenvalue weighted by molar-refractivity contribution is -0.140. The Bertz CT molecular complexity index is 868. The highest BCUT2D eigenvalue weighted by molar-refractivity contribution is 5.75. The fourth-order valence-corrected chi connectivity index (χ4v) is 7.19. The van der Waals surface area contributed by atoms with Crippen LogP contribution in [0.25, 0.3) is 0 Å². The van der Waals surface area contributed by atoms with Crippen LogP contribution in [0.5, 0.6) is 11.5 Å². The van der Waals surface area contributed by atoms with E-state index in [1.54, 1.807) is 0 Å². The van der Waals surface area contributed by atoms with Crippen LogP contribution in [0.15, 0.2) is 12.1 Å². The number of hydrogen-bond donors (Lipinski definition) is 0. The molecule has 3 nitrogen and oxygen atoms in total. The summed E-state index contributed by atoms with van der Waals surface area (Å²) in [4.78, 5) is 12.6. The largest absolute Gasteiger partial charge is 0.432 e. The van der Waals surface area contributed by atoms with E-state index in [0.29, 0.717) is 18.8 Å². The summed E-state index contributed by atoms with van der Waals surface area (Å²) in [6.07, 6.45) is 16.9. The number of fused-ring (bicyclic) bond motifs is 1. The monoisotopic (exact) mass is 512 g/mol. The summed E-state index contributed by atoms with van der Waals surface area (Å²) in [6, 6.07) is 1.80. The number of benzene rings is 1. The average Bonchev–Trinajstić information content (AvgIpc) is 2.88. The highest BCUT2D eigenvalue weighted by Crippen LogP contribution is 2.49. The Morgan fingerprint density at radius 3 is 2.11 bits per heavy atom. The van der Waals surface area contributed by atoms with E-state index in [1.165, 1.54) is 64.2 Å². The molecule has 3 saturated carbocycles. The van der Waals surface area contributed by atoms with Crippen LogP contribution in [0.2, 0.25) is 0 Å². The topological polar surface area (TPSA) is 35.5 Å². The van der Waals surface area contributed by atoms with Gasteiger partial charge in [-0.2, -0.15) is 17.6 Å². The summed E-state index contributed by atoms with van der Waals surface area (Å²) >= 11 is 0. The third kappa shape index (κ3) is 6.74. The first-order chi connectivity index (χ1) is 17.4. The van der Waals surface area contributed by atoms with E-state index in [-0.39, 0.29) is 5.92 Å². The molecule has 0 bridgehead atoms. The number of ether oxygens (including phenoxy) is 2. The summed E-state index contributed by atoms with van der Waals surface area (Å²) in [6.45, 7) is -1.01. The van der Waals surface area contributed by atoms with Crippen molar-refractivity contribution in [2.24, 2.45) is 35.5 Å². The molecule has 202 valence electrons. The molecule has 0 aliphatic heterocycles. The van der Waals surface area contributed by atoms with Gasteiger partial charge in [0.25, 0.3) is 0 Å². The zero-order chi connectivity index (χ0) is 25.7. The Morgan fingerprint density at radius 1 is 0.833 bits per heavy atom. The second kappa shape index (κ2) is 12.6. The van der Waals surface area contributed by atoms with Gasteiger partial charge in [0.2, 0.25) is 11.6 Å². The molecular weight excluding hydrogens is 472 g/mol. The maximum absolute atomic E-state index is 14.2. The Kier molecular flexibility index (Phi) is 9.57. The zero-order valence-corrected chi connectivity index (χ0v) is 21.3. The van der Waals surface area contributed by atoms with Crippen LogP contribution >= 0.6 is 0 Å². The average molecular weight is 513 g/mol. The SMILES string of the molecule is CCCCCC1CCC2CC(C3CCC(C(=O)Oc4ccc(OC(F)F)c(F)c4F)CC3)CCC2C1. The summed E-state index contributed by atoms with van der Waals surface area (Å²) < 4.78 is 61.8. The van der Waals surface area contributed by atoms with Gasteiger partial charge in [-0.05, 0) is 99.5 Å². The summed E-state index contributed by atoms with van der Waals surface area (Å²) in [7, 11) is 0. The van der Waals surface area contributed by atoms with Gasteiger partial charge in [-0.15, -0.1) is 0 Å². The summed E-state index contributed by atoms with van der Waals surface area (Å²) in [5, 5.41) is 0. The van der Waals surface area contributed by atoms with Gasteiger partial charge in [-0.1, -0.05) is 39.0 Å². The Balaban J connectivity index is 1.23. The Morgan fingerprint density at radius 2 is 1.42 bits per heavy atom. The van der Waals surface area contributed by atoms with Crippen molar-refractivity contribution in [3.05, 3.63) is 23.8 Å². The number of rotatable bonds is 9. The minimum Gasteiger partial charge on any atom is -0.432 e. The normalized spacial score (nSPS) is 30.6. The molecule has 1 aromatic carbocycles. The number of carbonyl (C=O) groups is 1. The van der Waals surface area contributed by atoms with Gasteiger partial charge < -0.3 is 9.47 Å². The lowest BCUT2D eigenvalue weighted by Crippen LogP contribution is -2.35. The summed E-state index contributed by atoms with van der Waals surface area (Å²) in [5.74, 6) is -1.47. The molecule has 4 atom stereocenters. The number of esters is 1. The lowest BCUT2D eigenvalue weighted by Gasteiger charge is -2.45. The quantitative estimate of drug-likeness (QED) is 0.144. The number of hydrogen-bond acceptors (Lipinski definition) is 3. The first-order valence-corrected chi connectivity index (χ1v) is 14.0. The van der Waals surface area contributed by atoms with E-state index in [1.807, 2.05) is 0 Å². The lowest BCUT2D eigenvalue weighted by atomic mass is 9.60. The summed E-state index contributed by atoms with van der Waals surface area (Å²) in [5.41, 5.74) is 0. The molecule has 36 heavy (non-hydrogen) atoms. The van der Waals surface area contributed by atoms with Crippen molar-refractivity contribution in [1.29, 1.82) is 0 Å². The maximum atomic E-state index is 14.2. The fraction of sp³-hybridized carbons (Fsp3) is 0.759. The maximum Gasteiger partial charge on any atom is 0.387 e. The van der Waals surface area contributed by atoms with Gasteiger partial charge >= 0.3 is 12.6 Å². The standard InChI is InChI=1S/C29H40F4O3/c1-2-3-4-5-18-6-7-23-17-22(13-12-21(23)16-18)19-8-10-20(11-9-19)28(34)35-24-14-15-25(36-29(32)33)27(31)26(24)30/h14-15,18-23,29H,2-13,16-17H2,1H3. The second-order valence-electron chi connectivity index (χ2n) is 11.4. The van der Waals surface area contributed by atoms with E-state index in [0.717, 1.165) is 48.6 Å². The molecule has 4 rings (SSSR count). The molecular formula is C29H40F4O3. The molecule has 7 heteroatoms. The molecule has 0 radical (unpaired) electrons. The number of alkyl halides is 2. The van der Waals surface area contributed by atoms with E-state index < -0.39 is 35.7 Å². The highest BCUT2D eigenvalue weighted by Gasteiger charge is 2.39. The fourth-order valence-electron chi connectivity index (χ4n) is 7.19. The van der Waals surface area contributed by atoms with E-state index in [4.69, 9.17) is 4.74 Å². The van der Waals surface area contributed by atoms with Gasteiger partial charge in [0.15, 0.2) is 11.5 Å². The first-order valence-electron chi connectivity index (χ1n) is 14.0. The van der Waals surface area contributed by atoms with Crippen molar-refractivity contribution in [2.75, 3.05) is 0 Å². The number of unbranched alkanes of at least 4 members (excludes halogenated alkanes) is 2. The van der Waals surface area contributed by atoms with Crippen molar-refractivity contribution in [2.45, 2.75) is 103 Å². The third-order valence-corrected chi connectivity index (χ3v) is 9.19. The van der Waals surface area contributed by atoms with Crippen molar-refractivity contribution in [1.82, 2.24) is 0 Å². The van der Waals surface area contributed by atoms with Gasteiger partial charge in [-0.25, -0.2) is 0 Å². The smallest absolute Gasteiger partial charge is 0.387 e. The van der Waals surface area contributed by atoms with Crippen LogP contribution in [-0.2, 0) is 4.79 Å². The van der Waals surface area contributed by atoms with Gasteiger partial charge in [0, 0.05) is 0 Å². The van der Waals surface area contributed by atoms with E-state index >= 15 is 0 Å². The molecule has 0 saturated heterocycles. The minimum absolute atomic E-state index is 0.351. The first kappa shape index (κ1) is 27.3. The number of halogens is 4. The molecule has 3 aliphatic carbocycles. The molecule has 0 heterocycles. The predicted molar refractivity (Wildman–Crippen MR) is 130 cm³/mol. The Hall–Kier alpha value is -1.79. The third-order valence-electron chi connectivity index (χ3n) is 9.19. The van der Waals surface area contributed by atoms with Crippen LogP contribution in [-0.4, -0.2) is 12.6 Å². The predicted octanol–water partition coefficient (Wildman–Crippen LogP) is 8.69.